The maximum Gasteiger partial charge on any atom is 0.290 e. The summed E-state index contributed by atoms with van der Waals surface area (Å²) < 4.78 is 30.7. The van der Waals surface area contributed by atoms with Crippen LogP contribution in [0.3, 0.4) is 0 Å². The predicted molar refractivity (Wildman–Crippen MR) is 75.8 cm³/mol. The van der Waals surface area contributed by atoms with Crippen LogP contribution in [0.25, 0.3) is 0 Å². The lowest BCUT2D eigenvalue weighted by molar-refractivity contribution is -0.387. The minimum absolute atomic E-state index is 0.0286. The fraction of sp³-hybridized carbons (Fsp3) is 0.455. The number of benzene rings is 1. The molecule has 0 unspecified atom stereocenters. The Kier molecular flexibility index (Phi) is 6.49. The molecule has 118 valence electrons. The minimum atomic E-state index is -4.13. The summed E-state index contributed by atoms with van der Waals surface area (Å²) in [5.74, 6) is 0. The molecule has 1 aromatic rings. The average molecular weight is 339 g/mol. The Bertz CT molecular complexity index is 607. The van der Waals surface area contributed by atoms with Gasteiger partial charge in [-0.05, 0) is 12.1 Å². The number of nitro groups is 1. The van der Waals surface area contributed by atoms with Gasteiger partial charge >= 0.3 is 0 Å². The number of halogens is 1. The van der Waals surface area contributed by atoms with Crippen LogP contribution in [0.2, 0.25) is 5.02 Å². The van der Waals surface area contributed by atoms with E-state index in [9.17, 15) is 18.5 Å². The molecule has 0 amide bonds. The fourth-order valence-corrected chi connectivity index (χ4v) is 3.37. The minimum Gasteiger partial charge on any atom is -0.395 e. The number of nitrogens with zero attached hydrogens (tertiary/aromatic N) is 2. The van der Waals surface area contributed by atoms with Crippen LogP contribution in [0.4, 0.5) is 5.69 Å². The molecule has 1 aromatic carbocycles. The van der Waals surface area contributed by atoms with Crippen LogP contribution in [0.15, 0.2) is 23.1 Å². The van der Waals surface area contributed by atoms with Crippen molar-refractivity contribution in [2.45, 2.75) is 4.90 Å². The maximum absolute atomic E-state index is 12.5. The smallest absolute Gasteiger partial charge is 0.290 e. The van der Waals surface area contributed by atoms with E-state index in [1.165, 1.54) is 13.2 Å². The van der Waals surface area contributed by atoms with Gasteiger partial charge in [-0.25, -0.2) is 8.42 Å². The molecule has 1 rings (SSSR count). The third-order valence-corrected chi connectivity index (χ3v) is 4.81. The fourth-order valence-electron chi connectivity index (χ4n) is 1.65. The number of hydrogen-bond acceptors (Lipinski definition) is 6. The number of rotatable bonds is 8. The number of aliphatic hydroxyl groups excluding tert-OH is 1. The van der Waals surface area contributed by atoms with E-state index in [1.54, 1.807) is 0 Å². The third-order valence-electron chi connectivity index (χ3n) is 2.63. The summed E-state index contributed by atoms with van der Waals surface area (Å²) in [6, 6.07) is 3.31. The van der Waals surface area contributed by atoms with Gasteiger partial charge in [0.1, 0.15) is 0 Å². The van der Waals surface area contributed by atoms with Gasteiger partial charge in [0.2, 0.25) is 10.0 Å². The van der Waals surface area contributed by atoms with Crippen molar-refractivity contribution in [1.29, 1.82) is 0 Å². The van der Waals surface area contributed by atoms with Crippen LogP contribution in [-0.4, -0.2) is 56.2 Å². The Morgan fingerprint density at radius 3 is 2.62 bits per heavy atom. The van der Waals surface area contributed by atoms with E-state index < -0.39 is 32.1 Å². The summed E-state index contributed by atoms with van der Waals surface area (Å²) in [4.78, 5) is 9.72. The van der Waals surface area contributed by atoms with Crippen LogP contribution in [0.1, 0.15) is 0 Å². The zero-order valence-electron chi connectivity index (χ0n) is 11.2. The number of ether oxygens (including phenoxy) is 1. The summed E-state index contributed by atoms with van der Waals surface area (Å²) in [5.41, 5.74) is -0.608. The number of methoxy groups -OCH3 is 1. The van der Waals surface area contributed by atoms with Crippen molar-refractivity contribution in [3.63, 3.8) is 0 Å². The molecule has 0 fully saturated rings. The standard InChI is InChI=1S/C11H15ClN2O6S/c1-20-7-5-13(4-6-15)21(18,19)11-3-2-9(12)8-10(11)14(16)17/h2-3,8,15H,4-7H2,1H3. The Hall–Kier alpha value is -1.26. The van der Waals surface area contributed by atoms with Crippen LogP contribution >= 0.6 is 11.6 Å². The van der Waals surface area contributed by atoms with E-state index in [0.29, 0.717) is 0 Å². The lowest BCUT2D eigenvalue weighted by atomic mass is 10.3. The van der Waals surface area contributed by atoms with Crippen molar-refractivity contribution < 1.29 is 23.2 Å². The molecule has 0 aliphatic heterocycles. The highest BCUT2D eigenvalue weighted by molar-refractivity contribution is 7.89. The second kappa shape index (κ2) is 7.66. The van der Waals surface area contributed by atoms with Crippen LogP contribution in [0, 0.1) is 10.1 Å². The van der Waals surface area contributed by atoms with Gasteiger partial charge in [0, 0.05) is 31.3 Å². The van der Waals surface area contributed by atoms with Gasteiger partial charge in [-0.15, -0.1) is 0 Å². The largest absolute Gasteiger partial charge is 0.395 e. The Balaban J connectivity index is 3.30. The van der Waals surface area contributed by atoms with E-state index in [-0.39, 0.29) is 24.7 Å². The van der Waals surface area contributed by atoms with Gasteiger partial charge in [-0.1, -0.05) is 11.6 Å². The number of hydrogen-bond donors (Lipinski definition) is 1. The molecule has 21 heavy (non-hydrogen) atoms. The van der Waals surface area contributed by atoms with Gasteiger partial charge < -0.3 is 9.84 Å². The first-order valence-corrected chi connectivity index (χ1v) is 7.70. The summed E-state index contributed by atoms with van der Waals surface area (Å²) in [6.07, 6.45) is 0. The Morgan fingerprint density at radius 2 is 2.10 bits per heavy atom. The van der Waals surface area contributed by atoms with Gasteiger partial charge in [-0.3, -0.25) is 10.1 Å². The maximum atomic E-state index is 12.5. The number of nitro benzene ring substituents is 1. The molecule has 0 bridgehead atoms. The summed E-state index contributed by atoms with van der Waals surface area (Å²) in [6.45, 7) is -0.532. The SMILES string of the molecule is COCCN(CCO)S(=O)(=O)c1ccc(Cl)cc1[N+](=O)[O-]. The van der Waals surface area contributed by atoms with E-state index in [2.05, 4.69) is 0 Å². The Labute approximate surface area is 127 Å². The summed E-state index contributed by atoms with van der Waals surface area (Å²) >= 11 is 5.66. The number of aliphatic hydroxyl groups is 1. The van der Waals surface area contributed by atoms with E-state index in [0.717, 1.165) is 16.4 Å². The summed E-state index contributed by atoms with van der Waals surface area (Å²) in [7, 11) is -2.74. The third kappa shape index (κ3) is 4.35. The Morgan fingerprint density at radius 1 is 1.43 bits per heavy atom. The summed E-state index contributed by atoms with van der Waals surface area (Å²) in [5, 5.41) is 20.0. The second-order valence-electron chi connectivity index (χ2n) is 3.99. The number of sulfonamides is 1. The molecule has 0 heterocycles. The molecule has 0 atom stereocenters. The lowest BCUT2D eigenvalue weighted by Crippen LogP contribution is -2.36. The molecule has 0 saturated heterocycles. The molecule has 10 heteroatoms. The van der Waals surface area contributed by atoms with Crippen molar-refractivity contribution in [2.75, 3.05) is 33.4 Å². The molecular formula is C11H15ClN2O6S. The average Bonchev–Trinajstić information content (AvgIpc) is 2.42. The van der Waals surface area contributed by atoms with Gasteiger partial charge in [0.25, 0.3) is 5.69 Å². The topological polar surface area (TPSA) is 110 Å². The van der Waals surface area contributed by atoms with Gasteiger partial charge in [0.15, 0.2) is 4.90 Å². The molecule has 0 aromatic heterocycles. The molecule has 0 spiro atoms. The molecule has 0 aliphatic rings. The van der Waals surface area contributed by atoms with Crippen LogP contribution in [-0.2, 0) is 14.8 Å². The van der Waals surface area contributed by atoms with E-state index in [4.69, 9.17) is 21.4 Å². The normalized spacial score (nSPS) is 11.8. The molecule has 8 nitrogen and oxygen atoms in total. The van der Waals surface area contributed by atoms with Crippen molar-refractivity contribution in [2.24, 2.45) is 0 Å². The van der Waals surface area contributed by atoms with E-state index in [1.807, 2.05) is 0 Å². The van der Waals surface area contributed by atoms with Crippen LogP contribution in [0.5, 0.6) is 0 Å². The highest BCUT2D eigenvalue weighted by Crippen LogP contribution is 2.29. The first-order chi connectivity index (χ1) is 9.84. The first-order valence-electron chi connectivity index (χ1n) is 5.88. The lowest BCUT2D eigenvalue weighted by Gasteiger charge is -2.20. The van der Waals surface area contributed by atoms with Gasteiger partial charge in [-0.2, -0.15) is 4.31 Å². The monoisotopic (exact) mass is 338 g/mol. The predicted octanol–water partition coefficient (Wildman–Crippen LogP) is 0.878. The van der Waals surface area contributed by atoms with Crippen molar-refractivity contribution >= 4 is 27.3 Å². The molecule has 1 N–H and O–H groups in total. The zero-order chi connectivity index (χ0) is 16.0. The molecule has 0 saturated carbocycles. The molecular weight excluding hydrogens is 324 g/mol. The molecule has 0 aliphatic carbocycles. The van der Waals surface area contributed by atoms with Gasteiger partial charge in [0.05, 0.1) is 18.1 Å². The first kappa shape index (κ1) is 17.8. The van der Waals surface area contributed by atoms with Crippen molar-refractivity contribution in [1.82, 2.24) is 4.31 Å². The van der Waals surface area contributed by atoms with Crippen molar-refractivity contribution in [3.8, 4) is 0 Å². The highest BCUT2D eigenvalue weighted by Gasteiger charge is 2.31. The van der Waals surface area contributed by atoms with Crippen LogP contribution < -0.4 is 0 Å². The quantitative estimate of drug-likeness (QED) is 0.556. The molecule has 0 radical (unpaired) electrons. The zero-order valence-corrected chi connectivity index (χ0v) is 12.8. The second-order valence-corrected chi connectivity index (χ2v) is 6.33. The van der Waals surface area contributed by atoms with E-state index >= 15 is 0 Å². The van der Waals surface area contributed by atoms with Crippen molar-refractivity contribution in [3.05, 3.63) is 33.3 Å². The highest BCUT2D eigenvalue weighted by atomic mass is 35.5.